The summed E-state index contributed by atoms with van der Waals surface area (Å²) in [5.41, 5.74) is 5.43. The zero-order valence-corrected chi connectivity index (χ0v) is 14.6. The number of amides is 4. The summed E-state index contributed by atoms with van der Waals surface area (Å²) in [7, 11) is 0. The van der Waals surface area contributed by atoms with Crippen molar-refractivity contribution in [2.24, 2.45) is 17.6 Å². The van der Waals surface area contributed by atoms with Crippen LogP contribution in [0.3, 0.4) is 0 Å². The first-order valence-corrected chi connectivity index (χ1v) is 8.50. The summed E-state index contributed by atoms with van der Waals surface area (Å²) in [5, 5.41) is 5.11. The number of carbonyl (C=O) groups is 3. The fraction of sp³-hybridized carbons (Fsp3) is 0.500. The molecule has 0 saturated heterocycles. The van der Waals surface area contributed by atoms with Crippen LogP contribution in [0, 0.1) is 11.8 Å². The number of rotatable bonds is 5. The number of urea groups is 1. The van der Waals surface area contributed by atoms with Gasteiger partial charge in [0.1, 0.15) is 5.75 Å². The first-order valence-electron chi connectivity index (χ1n) is 8.50. The van der Waals surface area contributed by atoms with Gasteiger partial charge in [-0.3, -0.25) is 14.9 Å². The third kappa shape index (κ3) is 5.20. The Hall–Kier alpha value is -2.57. The maximum Gasteiger partial charge on any atom is 0.321 e. The van der Waals surface area contributed by atoms with Crippen molar-refractivity contribution in [2.75, 3.05) is 6.61 Å². The van der Waals surface area contributed by atoms with Gasteiger partial charge < -0.3 is 15.8 Å². The second-order valence-electron chi connectivity index (χ2n) is 6.54. The number of benzene rings is 1. The van der Waals surface area contributed by atoms with Crippen molar-refractivity contribution in [1.29, 1.82) is 0 Å². The van der Waals surface area contributed by atoms with Gasteiger partial charge >= 0.3 is 6.03 Å². The zero-order valence-electron chi connectivity index (χ0n) is 14.6. The van der Waals surface area contributed by atoms with Gasteiger partial charge in [-0.1, -0.05) is 38.8 Å². The summed E-state index contributed by atoms with van der Waals surface area (Å²) in [6, 6.07) is 5.90. The van der Waals surface area contributed by atoms with Gasteiger partial charge in [0.05, 0.1) is 5.56 Å². The van der Waals surface area contributed by atoms with E-state index in [0.717, 1.165) is 19.3 Å². The smallest absolute Gasteiger partial charge is 0.321 e. The molecule has 1 aliphatic rings. The van der Waals surface area contributed by atoms with E-state index in [0.29, 0.717) is 11.8 Å². The number of hydrogen-bond donors (Lipinski definition) is 3. The molecule has 1 saturated carbocycles. The highest BCUT2D eigenvalue weighted by Crippen LogP contribution is 2.29. The topological polar surface area (TPSA) is 111 Å². The molecular formula is C18H25N3O4. The molecule has 7 heteroatoms. The average Bonchev–Trinajstić information content (AvgIpc) is 2.57. The maximum absolute atomic E-state index is 12.0. The van der Waals surface area contributed by atoms with Gasteiger partial charge in [-0.25, -0.2) is 4.79 Å². The zero-order chi connectivity index (χ0) is 18.4. The van der Waals surface area contributed by atoms with Gasteiger partial charge in [0.25, 0.3) is 11.8 Å². The standard InChI is InChI=1S/C18H25N3O4/c1-11-6-5-8-14(12(11)2)20-18(24)21-16(22)10-25-15-9-4-3-7-13(15)17(19)23/h3-4,7,9,11-12,14H,5-6,8,10H2,1-2H3,(H2,19,23)(H2,20,21,22,24)/t11-,12+,14+/m0/s1. The van der Waals surface area contributed by atoms with Gasteiger partial charge in [0, 0.05) is 6.04 Å². The number of carbonyl (C=O) groups excluding carboxylic acids is 3. The lowest BCUT2D eigenvalue weighted by molar-refractivity contribution is -0.122. The summed E-state index contributed by atoms with van der Waals surface area (Å²) in [6.07, 6.45) is 3.14. The molecule has 7 nitrogen and oxygen atoms in total. The summed E-state index contributed by atoms with van der Waals surface area (Å²) in [5.74, 6) is -0.112. The molecule has 0 bridgehead atoms. The molecule has 0 radical (unpaired) electrons. The number of ether oxygens (including phenoxy) is 1. The van der Waals surface area contributed by atoms with E-state index in [9.17, 15) is 14.4 Å². The van der Waals surface area contributed by atoms with Gasteiger partial charge in [0.2, 0.25) is 0 Å². The van der Waals surface area contributed by atoms with Gasteiger partial charge in [0.15, 0.2) is 6.61 Å². The van der Waals surface area contributed by atoms with Gasteiger partial charge in [-0.2, -0.15) is 0 Å². The molecular weight excluding hydrogens is 322 g/mol. The fourth-order valence-corrected chi connectivity index (χ4v) is 3.09. The van der Waals surface area contributed by atoms with Crippen LogP contribution in [0.5, 0.6) is 5.75 Å². The second-order valence-corrected chi connectivity index (χ2v) is 6.54. The summed E-state index contributed by atoms with van der Waals surface area (Å²) in [4.78, 5) is 35.2. The lowest BCUT2D eigenvalue weighted by atomic mass is 9.78. The molecule has 1 aromatic carbocycles. The van der Waals surface area contributed by atoms with Crippen molar-refractivity contribution in [3.63, 3.8) is 0 Å². The molecule has 1 aliphatic carbocycles. The number of nitrogens with two attached hydrogens (primary N) is 1. The highest BCUT2D eigenvalue weighted by molar-refractivity contribution is 5.96. The first-order chi connectivity index (χ1) is 11.9. The Morgan fingerprint density at radius 1 is 1.20 bits per heavy atom. The quantitative estimate of drug-likeness (QED) is 0.754. The van der Waals surface area contributed by atoms with E-state index in [-0.39, 0.29) is 24.0 Å². The van der Waals surface area contributed by atoms with Crippen LogP contribution >= 0.6 is 0 Å². The van der Waals surface area contributed by atoms with Crippen molar-refractivity contribution in [1.82, 2.24) is 10.6 Å². The molecule has 4 N–H and O–H groups in total. The van der Waals surface area contributed by atoms with Gasteiger partial charge in [-0.15, -0.1) is 0 Å². The first kappa shape index (κ1) is 18.8. The van der Waals surface area contributed by atoms with Crippen molar-refractivity contribution < 1.29 is 19.1 Å². The third-order valence-electron chi connectivity index (χ3n) is 4.79. The highest BCUT2D eigenvalue weighted by atomic mass is 16.5. The van der Waals surface area contributed by atoms with Crippen LogP contribution in [0.4, 0.5) is 4.79 Å². The highest BCUT2D eigenvalue weighted by Gasteiger charge is 2.28. The van der Waals surface area contributed by atoms with Crippen LogP contribution in [-0.4, -0.2) is 30.5 Å². The van der Waals surface area contributed by atoms with Crippen LogP contribution in [0.2, 0.25) is 0 Å². The molecule has 0 heterocycles. The molecule has 0 aromatic heterocycles. The number of primary amides is 1. The Morgan fingerprint density at radius 2 is 1.92 bits per heavy atom. The number of imide groups is 1. The number of para-hydroxylation sites is 1. The minimum absolute atomic E-state index is 0.0630. The fourth-order valence-electron chi connectivity index (χ4n) is 3.09. The maximum atomic E-state index is 12.0. The van der Waals surface area contributed by atoms with E-state index in [1.165, 1.54) is 6.07 Å². The molecule has 0 aliphatic heterocycles. The number of hydrogen-bond acceptors (Lipinski definition) is 4. The molecule has 0 unspecified atom stereocenters. The van der Waals surface area contributed by atoms with Crippen LogP contribution in [-0.2, 0) is 4.79 Å². The Kier molecular flexibility index (Phi) is 6.38. The van der Waals surface area contributed by atoms with E-state index >= 15 is 0 Å². The molecule has 4 amide bonds. The Morgan fingerprint density at radius 3 is 2.64 bits per heavy atom. The van der Waals surface area contributed by atoms with Gasteiger partial charge in [-0.05, 0) is 30.4 Å². The molecule has 0 spiro atoms. The summed E-state index contributed by atoms with van der Waals surface area (Å²) in [6.45, 7) is 3.90. The summed E-state index contributed by atoms with van der Waals surface area (Å²) >= 11 is 0. The molecule has 1 fully saturated rings. The minimum Gasteiger partial charge on any atom is -0.483 e. The molecule has 3 atom stereocenters. The van der Waals surface area contributed by atoms with Crippen molar-refractivity contribution >= 4 is 17.8 Å². The predicted molar refractivity (Wildman–Crippen MR) is 93.1 cm³/mol. The van der Waals surface area contributed by atoms with E-state index in [2.05, 4.69) is 24.5 Å². The monoisotopic (exact) mass is 347 g/mol. The van der Waals surface area contributed by atoms with Crippen molar-refractivity contribution in [2.45, 2.75) is 39.2 Å². The Bertz CT molecular complexity index is 647. The Balaban J connectivity index is 1.82. The SMILES string of the molecule is C[C@@H]1[C@@H](C)CCC[C@H]1NC(=O)NC(=O)COc1ccccc1C(N)=O. The molecule has 25 heavy (non-hydrogen) atoms. The minimum atomic E-state index is -0.644. The van der Waals surface area contributed by atoms with E-state index in [1.54, 1.807) is 18.2 Å². The van der Waals surface area contributed by atoms with Crippen molar-refractivity contribution in [3.05, 3.63) is 29.8 Å². The molecule has 2 rings (SSSR count). The van der Waals surface area contributed by atoms with Crippen molar-refractivity contribution in [3.8, 4) is 5.75 Å². The van der Waals surface area contributed by atoms with Crippen LogP contribution in [0.1, 0.15) is 43.5 Å². The Labute approximate surface area is 147 Å². The van der Waals surface area contributed by atoms with Crippen LogP contribution < -0.4 is 21.1 Å². The summed E-state index contributed by atoms with van der Waals surface area (Å²) < 4.78 is 5.30. The predicted octanol–water partition coefficient (Wildman–Crippen LogP) is 1.81. The van der Waals surface area contributed by atoms with Crippen LogP contribution in [0.25, 0.3) is 0 Å². The number of nitrogens with one attached hydrogen (secondary N) is 2. The lowest BCUT2D eigenvalue weighted by Crippen LogP contribution is -2.50. The molecule has 1 aromatic rings. The van der Waals surface area contributed by atoms with Crippen LogP contribution in [0.15, 0.2) is 24.3 Å². The molecule has 136 valence electrons. The van der Waals surface area contributed by atoms with E-state index in [1.807, 2.05) is 0 Å². The average molecular weight is 347 g/mol. The normalized spacial score (nSPS) is 22.7. The largest absolute Gasteiger partial charge is 0.483 e. The van der Waals surface area contributed by atoms with E-state index < -0.39 is 17.8 Å². The lowest BCUT2D eigenvalue weighted by Gasteiger charge is -2.34. The third-order valence-corrected chi connectivity index (χ3v) is 4.79. The second kappa shape index (κ2) is 8.50. The van der Waals surface area contributed by atoms with E-state index in [4.69, 9.17) is 10.5 Å².